The number of rotatable bonds is 8. The maximum Gasteiger partial charge on any atom is 0.427 e. The van der Waals surface area contributed by atoms with Crippen LogP contribution in [-0.2, 0) is 19.6 Å². The molecule has 0 saturated carbocycles. The Balaban J connectivity index is 2.02. The van der Waals surface area contributed by atoms with Crippen molar-refractivity contribution >= 4 is 33.5 Å². The molecule has 10 nitrogen and oxygen atoms in total. The number of carboxylic acid groups (broad SMARTS) is 1. The number of carbonyl (C=O) groups excluding carboxylic acids is 1. The summed E-state index contributed by atoms with van der Waals surface area (Å²) in [6.45, 7) is 2.80. The number of carbonyl (C=O) groups is 2. The van der Waals surface area contributed by atoms with Crippen molar-refractivity contribution in [3.8, 4) is 11.5 Å². The topological polar surface area (TPSA) is 131 Å². The predicted molar refractivity (Wildman–Crippen MR) is 130 cm³/mol. The second-order valence-electron chi connectivity index (χ2n) is 9.07. The standard InChI is InChI=1S/C24H27F3N2O8S/c1-14-5-8-19(35-4)20(11-14)38(33,34)29-13-16(7-10-21(30)31)36-18-9-6-15(12-17(18)29)28-22(32)37-23(2,3)24(25,26)27/h5-6,8-9,11-12,16H,7,10,13H2,1-4H3,(H,28,32)(H,30,31). The lowest BCUT2D eigenvalue weighted by molar-refractivity contribution is -0.242. The SMILES string of the molecule is COc1ccc(C)cc1S(=O)(=O)N1CC(CCC(=O)O)Oc2ccc(NC(=O)OC(C)(C)C(F)(F)F)cc21. The summed E-state index contributed by atoms with van der Waals surface area (Å²) in [5.74, 6) is -0.955. The van der Waals surface area contributed by atoms with Gasteiger partial charge in [-0.1, -0.05) is 6.07 Å². The Labute approximate surface area is 217 Å². The Kier molecular flexibility index (Phi) is 8.05. The van der Waals surface area contributed by atoms with E-state index in [1.807, 2.05) is 0 Å². The van der Waals surface area contributed by atoms with Gasteiger partial charge in [0, 0.05) is 12.1 Å². The highest BCUT2D eigenvalue weighted by molar-refractivity contribution is 7.93. The van der Waals surface area contributed by atoms with Gasteiger partial charge >= 0.3 is 18.2 Å². The zero-order chi connectivity index (χ0) is 28.5. The van der Waals surface area contributed by atoms with Gasteiger partial charge in [-0.15, -0.1) is 0 Å². The van der Waals surface area contributed by atoms with E-state index in [9.17, 15) is 31.2 Å². The quantitative estimate of drug-likeness (QED) is 0.475. The number of hydrogen-bond donors (Lipinski definition) is 2. The Bertz CT molecular complexity index is 1330. The molecule has 1 heterocycles. The van der Waals surface area contributed by atoms with E-state index in [0.717, 1.165) is 4.31 Å². The number of halogens is 3. The number of aliphatic carboxylic acids is 1. The van der Waals surface area contributed by atoms with Gasteiger partial charge in [-0.25, -0.2) is 13.2 Å². The third-order valence-corrected chi connectivity index (χ3v) is 7.54. The number of sulfonamides is 1. The number of alkyl halides is 3. The fourth-order valence-corrected chi connectivity index (χ4v) is 5.33. The van der Waals surface area contributed by atoms with Crippen LogP contribution >= 0.6 is 0 Å². The molecule has 0 bridgehead atoms. The summed E-state index contributed by atoms with van der Waals surface area (Å²) in [5.41, 5.74) is -2.22. The lowest BCUT2D eigenvalue weighted by atomic mass is 10.1. The number of ether oxygens (including phenoxy) is 3. The maximum absolute atomic E-state index is 13.8. The van der Waals surface area contributed by atoms with Gasteiger partial charge in [0.05, 0.1) is 19.3 Å². The van der Waals surface area contributed by atoms with Gasteiger partial charge in [-0.3, -0.25) is 14.4 Å². The molecule has 1 aliphatic rings. The van der Waals surface area contributed by atoms with Crippen molar-refractivity contribution < 1.29 is 50.5 Å². The molecule has 2 aromatic carbocycles. The minimum atomic E-state index is -4.82. The first-order valence-corrected chi connectivity index (χ1v) is 12.8. The summed E-state index contributed by atoms with van der Waals surface area (Å²) in [7, 11) is -3.01. The van der Waals surface area contributed by atoms with Crippen LogP contribution in [0.15, 0.2) is 41.3 Å². The molecule has 0 saturated heterocycles. The van der Waals surface area contributed by atoms with Crippen LogP contribution in [0.25, 0.3) is 0 Å². The van der Waals surface area contributed by atoms with E-state index < -0.39 is 40.0 Å². The Morgan fingerprint density at radius 1 is 1.18 bits per heavy atom. The molecule has 2 N–H and O–H groups in total. The Morgan fingerprint density at radius 3 is 2.47 bits per heavy atom. The molecule has 3 rings (SSSR count). The molecule has 1 unspecified atom stereocenters. The zero-order valence-corrected chi connectivity index (χ0v) is 21.8. The van der Waals surface area contributed by atoms with Crippen molar-refractivity contribution in [3.05, 3.63) is 42.0 Å². The molecule has 0 spiro atoms. The highest BCUT2D eigenvalue weighted by Crippen LogP contribution is 2.41. The molecule has 14 heteroatoms. The summed E-state index contributed by atoms with van der Waals surface area (Å²) >= 11 is 0. The van der Waals surface area contributed by atoms with Gasteiger partial charge in [-0.05, 0) is 63.1 Å². The molecule has 0 aromatic heterocycles. The lowest BCUT2D eigenvalue weighted by Gasteiger charge is -2.36. The normalized spacial score (nSPS) is 15.8. The van der Waals surface area contributed by atoms with Crippen LogP contribution < -0.4 is 19.1 Å². The zero-order valence-electron chi connectivity index (χ0n) is 21.0. The van der Waals surface area contributed by atoms with Crippen LogP contribution in [-0.4, -0.2) is 57.1 Å². The van der Waals surface area contributed by atoms with Crippen LogP contribution in [0.5, 0.6) is 11.5 Å². The molecule has 2 aromatic rings. The second kappa shape index (κ2) is 10.6. The molecule has 1 aliphatic heterocycles. The predicted octanol–water partition coefficient (Wildman–Crippen LogP) is 4.71. The minimum absolute atomic E-state index is 0.00456. The molecule has 38 heavy (non-hydrogen) atoms. The minimum Gasteiger partial charge on any atom is -0.495 e. The number of hydrogen-bond acceptors (Lipinski definition) is 7. The van der Waals surface area contributed by atoms with E-state index >= 15 is 0 Å². The number of methoxy groups -OCH3 is 1. The molecular formula is C24H27F3N2O8S. The van der Waals surface area contributed by atoms with Crippen molar-refractivity contribution in [3.63, 3.8) is 0 Å². The summed E-state index contributed by atoms with van der Waals surface area (Å²) in [4.78, 5) is 23.1. The van der Waals surface area contributed by atoms with Gasteiger partial charge in [-0.2, -0.15) is 13.2 Å². The van der Waals surface area contributed by atoms with Crippen molar-refractivity contribution in [2.24, 2.45) is 0 Å². The molecule has 1 amide bonds. The van der Waals surface area contributed by atoms with Crippen molar-refractivity contribution in [2.45, 2.75) is 56.4 Å². The van der Waals surface area contributed by atoms with Gasteiger partial charge < -0.3 is 19.3 Å². The molecule has 208 valence electrons. The lowest BCUT2D eigenvalue weighted by Crippen LogP contribution is -2.44. The highest BCUT2D eigenvalue weighted by atomic mass is 32.2. The van der Waals surface area contributed by atoms with Crippen molar-refractivity contribution in [2.75, 3.05) is 23.3 Å². The first-order valence-electron chi connectivity index (χ1n) is 11.3. The van der Waals surface area contributed by atoms with Crippen LogP contribution in [0.2, 0.25) is 0 Å². The third kappa shape index (κ3) is 6.23. The van der Waals surface area contributed by atoms with Gasteiger partial charge in [0.1, 0.15) is 22.5 Å². The third-order valence-electron chi connectivity index (χ3n) is 5.74. The van der Waals surface area contributed by atoms with Gasteiger partial charge in [0.25, 0.3) is 10.0 Å². The molecule has 0 aliphatic carbocycles. The fourth-order valence-electron chi connectivity index (χ4n) is 3.59. The van der Waals surface area contributed by atoms with Gasteiger partial charge in [0.15, 0.2) is 0 Å². The largest absolute Gasteiger partial charge is 0.495 e. The Morgan fingerprint density at radius 2 is 1.87 bits per heavy atom. The van der Waals surface area contributed by atoms with E-state index in [1.165, 1.54) is 37.4 Å². The molecule has 1 atom stereocenters. The average molecular weight is 561 g/mol. The first kappa shape index (κ1) is 28.9. The first-order chi connectivity index (χ1) is 17.5. The van der Waals surface area contributed by atoms with E-state index in [4.69, 9.17) is 14.6 Å². The number of benzene rings is 2. The number of nitrogens with one attached hydrogen (secondary N) is 1. The Hall–Kier alpha value is -3.68. The number of carboxylic acids is 1. The summed E-state index contributed by atoms with van der Waals surface area (Å²) < 4.78 is 83.5. The number of amides is 1. The highest BCUT2D eigenvalue weighted by Gasteiger charge is 2.51. The van der Waals surface area contributed by atoms with E-state index in [1.54, 1.807) is 13.0 Å². The van der Waals surface area contributed by atoms with E-state index in [-0.39, 0.29) is 47.2 Å². The van der Waals surface area contributed by atoms with Crippen LogP contribution in [0.3, 0.4) is 0 Å². The molecular weight excluding hydrogens is 533 g/mol. The van der Waals surface area contributed by atoms with Crippen LogP contribution in [0.1, 0.15) is 32.3 Å². The number of anilines is 2. The molecule has 0 fully saturated rings. The second-order valence-corrected chi connectivity index (χ2v) is 10.9. The van der Waals surface area contributed by atoms with Crippen LogP contribution in [0.4, 0.5) is 29.3 Å². The molecule has 0 radical (unpaired) electrons. The van der Waals surface area contributed by atoms with E-state index in [0.29, 0.717) is 19.4 Å². The number of fused-ring (bicyclic) bond motifs is 1. The fraction of sp³-hybridized carbons (Fsp3) is 0.417. The summed E-state index contributed by atoms with van der Waals surface area (Å²) in [6.07, 6.45) is -7.32. The van der Waals surface area contributed by atoms with Crippen LogP contribution in [0, 0.1) is 6.92 Å². The summed E-state index contributed by atoms with van der Waals surface area (Å²) in [5, 5.41) is 11.2. The maximum atomic E-state index is 13.8. The van der Waals surface area contributed by atoms with E-state index in [2.05, 4.69) is 10.1 Å². The van der Waals surface area contributed by atoms with Gasteiger partial charge in [0.2, 0.25) is 5.60 Å². The number of aryl methyl sites for hydroxylation is 1. The summed E-state index contributed by atoms with van der Waals surface area (Å²) in [6, 6.07) is 8.39. The average Bonchev–Trinajstić information content (AvgIpc) is 2.81. The monoisotopic (exact) mass is 560 g/mol. The van der Waals surface area contributed by atoms with Crippen molar-refractivity contribution in [1.29, 1.82) is 0 Å². The number of nitrogens with zero attached hydrogens (tertiary/aromatic N) is 1. The van der Waals surface area contributed by atoms with Crippen molar-refractivity contribution in [1.82, 2.24) is 0 Å². The smallest absolute Gasteiger partial charge is 0.427 e.